The zero-order chi connectivity index (χ0) is 15.2. The molecule has 0 saturated carbocycles. The summed E-state index contributed by atoms with van der Waals surface area (Å²) in [5, 5.41) is 3.78. The number of benzene rings is 1. The molecule has 2 rings (SSSR count). The van der Waals surface area contributed by atoms with Crippen molar-refractivity contribution in [1.29, 1.82) is 0 Å². The summed E-state index contributed by atoms with van der Waals surface area (Å²) in [7, 11) is 0. The molecule has 110 valence electrons. The highest BCUT2D eigenvalue weighted by atomic mass is 16.5. The van der Waals surface area contributed by atoms with Crippen molar-refractivity contribution >= 4 is 23.7 Å². The molecule has 1 aliphatic heterocycles. The number of rotatable bonds is 4. The summed E-state index contributed by atoms with van der Waals surface area (Å²) in [4.78, 5) is 23.6. The molecule has 0 aliphatic carbocycles. The predicted octanol–water partition coefficient (Wildman–Crippen LogP) is 2.14. The van der Waals surface area contributed by atoms with Crippen molar-refractivity contribution < 1.29 is 14.3 Å². The Morgan fingerprint density at radius 3 is 2.76 bits per heavy atom. The van der Waals surface area contributed by atoms with E-state index in [1.807, 2.05) is 36.4 Å². The van der Waals surface area contributed by atoms with E-state index >= 15 is 0 Å². The van der Waals surface area contributed by atoms with E-state index in [-0.39, 0.29) is 24.1 Å². The van der Waals surface area contributed by atoms with Gasteiger partial charge in [-0.15, -0.1) is 0 Å². The second-order valence-electron chi connectivity index (χ2n) is 5.07. The fourth-order valence-corrected chi connectivity index (χ4v) is 1.91. The Morgan fingerprint density at radius 1 is 1.38 bits per heavy atom. The summed E-state index contributed by atoms with van der Waals surface area (Å²) in [6.07, 6.45) is 3.68. The molecule has 0 bridgehead atoms. The van der Waals surface area contributed by atoms with Crippen molar-refractivity contribution in [2.75, 3.05) is 0 Å². The smallest absolute Gasteiger partial charge is 0.354 e. The Bertz CT molecular complexity index is 576. The Morgan fingerprint density at radius 2 is 2.10 bits per heavy atom. The summed E-state index contributed by atoms with van der Waals surface area (Å²) in [6, 6.07) is 9.66. The van der Waals surface area contributed by atoms with Crippen molar-refractivity contribution in [2.24, 2.45) is 11.0 Å². The second kappa shape index (κ2) is 6.83. The number of carbonyl (C=O) groups excluding carboxylic acids is 2. The lowest BCUT2D eigenvalue weighted by Gasteiger charge is -2.18. The molecule has 5 heteroatoms. The molecule has 0 fully saturated rings. The molecule has 1 heterocycles. The molecule has 1 N–H and O–H groups in total. The van der Waals surface area contributed by atoms with E-state index in [0.717, 1.165) is 5.56 Å². The van der Waals surface area contributed by atoms with E-state index in [0.29, 0.717) is 0 Å². The van der Waals surface area contributed by atoms with Crippen LogP contribution in [0.5, 0.6) is 0 Å². The van der Waals surface area contributed by atoms with Gasteiger partial charge in [-0.25, -0.2) is 10.2 Å². The van der Waals surface area contributed by atoms with Crippen LogP contribution >= 0.6 is 0 Å². The van der Waals surface area contributed by atoms with Crippen LogP contribution in [0.4, 0.5) is 0 Å². The number of hydrogen-bond acceptors (Lipinski definition) is 4. The van der Waals surface area contributed by atoms with Crippen LogP contribution in [-0.4, -0.2) is 23.7 Å². The van der Waals surface area contributed by atoms with Crippen LogP contribution in [0, 0.1) is 5.92 Å². The van der Waals surface area contributed by atoms with Crippen molar-refractivity contribution in [3.8, 4) is 0 Å². The molecule has 5 nitrogen and oxygen atoms in total. The van der Waals surface area contributed by atoms with Crippen molar-refractivity contribution in [3.63, 3.8) is 0 Å². The Labute approximate surface area is 123 Å². The predicted molar refractivity (Wildman–Crippen MR) is 80.4 cm³/mol. The summed E-state index contributed by atoms with van der Waals surface area (Å²) >= 11 is 0. The molecular weight excluding hydrogens is 268 g/mol. The molecule has 1 aromatic carbocycles. The van der Waals surface area contributed by atoms with E-state index in [1.54, 1.807) is 19.9 Å². The Kier molecular flexibility index (Phi) is 4.87. The number of nitrogens with zero attached hydrogens (tertiary/aromatic N) is 1. The summed E-state index contributed by atoms with van der Waals surface area (Å²) < 4.78 is 5.09. The molecule has 1 unspecified atom stereocenters. The highest BCUT2D eigenvalue weighted by Gasteiger charge is 2.27. The van der Waals surface area contributed by atoms with Crippen LogP contribution in [0.25, 0.3) is 6.08 Å². The van der Waals surface area contributed by atoms with E-state index in [2.05, 4.69) is 10.5 Å². The average molecular weight is 286 g/mol. The van der Waals surface area contributed by atoms with Gasteiger partial charge in [-0.05, 0) is 19.4 Å². The number of ether oxygens (including phenoxy) is 1. The van der Waals surface area contributed by atoms with Gasteiger partial charge in [0.1, 0.15) is 5.71 Å². The number of esters is 1. The van der Waals surface area contributed by atoms with Crippen LogP contribution in [0.3, 0.4) is 0 Å². The number of hydrazone groups is 1. The molecular formula is C16H18N2O3. The van der Waals surface area contributed by atoms with Gasteiger partial charge in [0.25, 0.3) is 0 Å². The van der Waals surface area contributed by atoms with Gasteiger partial charge in [0.2, 0.25) is 5.91 Å². The van der Waals surface area contributed by atoms with Gasteiger partial charge in [0.05, 0.1) is 12.0 Å². The highest BCUT2D eigenvalue weighted by molar-refractivity contribution is 6.37. The Hall–Kier alpha value is -2.43. The van der Waals surface area contributed by atoms with Crippen molar-refractivity contribution in [1.82, 2.24) is 5.43 Å². The molecule has 0 saturated heterocycles. The molecule has 21 heavy (non-hydrogen) atoms. The minimum atomic E-state index is -0.483. The minimum Gasteiger partial charge on any atom is -0.458 e. The van der Waals surface area contributed by atoms with E-state index in [4.69, 9.17) is 4.74 Å². The Balaban J connectivity index is 2.04. The van der Waals surface area contributed by atoms with E-state index in [9.17, 15) is 9.59 Å². The lowest BCUT2D eigenvalue weighted by atomic mass is 9.98. The highest BCUT2D eigenvalue weighted by Crippen LogP contribution is 2.15. The maximum atomic E-state index is 11.8. The maximum Gasteiger partial charge on any atom is 0.354 e. The fourth-order valence-electron chi connectivity index (χ4n) is 1.91. The van der Waals surface area contributed by atoms with E-state index in [1.165, 1.54) is 0 Å². The molecule has 0 radical (unpaired) electrons. The lowest BCUT2D eigenvalue weighted by Crippen LogP contribution is -2.37. The minimum absolute atomic E-state index is 0.212. The molecule has 0 spiro atoms. The van der Waals surface area contributed by atoms with Crippen LogP contribution in [0.15, 0.2) is 41.5 Å². The van der Waals surface area contributed by atoms with Crippen molar-refractivity contribution in [3.05, 3.63) is 42.0 Å². The van der Waals surface area contributed by atoms with Crippen LogP contribution in [-0.2, 0) is 14.3 Å². The zero-order valence-corrected chi connectivity index (χ0v) is 12.1. The third-order valence-corrected chi connectivity index (χ3v) is 2.95. The quantitative estimate of drug-likeness (QED) is 0.862. The van der Waals surface area contributed by atoms with E-state index < -0.39 is 11.9 Å². The first-order chi connectivity index (χ1) is 10.1. The van der Waals surface area contributed by atoms with Gasteiger partial charge >= 0.3 is 5.97 Å². The normalized spacial score (nSPS) is 18.5. The number of hydrogen-bond donors (Lipinski definition) is 1. The van der Waals surface area contributed by atoms with Gasteiger partial charge in [-0.1, -0.05) is 42.5 Å². The molecule has 1 amide bonds. The van der Waals surface area contributed by atoms with Gasteiger partial charge in [-0.3, -0.25) is 4.79 Å². The third kappa shape index (κ3) is 4.27. The monoisotopic (exact) mass is 286 g/mol. The number of nitrogens with one attached hydrogen (secondary N) is 1. The lowest BCUT2D eigenvalue weighted by molar-refractivity contribution is -0.139. The summed E-state index contributed by atoms with van der Waals surface area (Å²) in [5.41, 5.74) is 3.61. The van der Waals surface area contributed by atoms with Crippen LogP contribution in [0.2, 0.25) is 0 Å². The number of amides is 1. The average Bonchev–Trinajstić information content (AvgIpc) is 2.46. The zero-order valence-electron chi connectivity index (χ0n) is 12.1. The maximum absolute atomic E-state index is 11.8. The second-order valence-corrected chi connectivity index (χ2v) is 5.07. The van der Waals surface area contributed by atoms with Gasteiger partial charge in [0.15, 0.2) is 0 Å². The van der Waals surface area contributed by atoms with Gasteiger partial charge in [-0.2, -0.15) is 5.10 Å². The SMILES string of the molecule is CC(C)OC(=O)C1=NNC(=O)C(/C=C/c2ccccc2)C1. The largest absolute Gasteiger partial charge is 0.458 e. The first kappa shape index (κ1) is 15.0. The standard InChI is InChI=1S/C16H18N2O3/c1-11(2)21-16(20)14-10-13(15(19)18-17-14)9-8-12-6-4-3-5-7-12/h3-9,11,13H,10H2,1-2H3,(H,18,19)/b9-8+. The number of carbonyl (C=O) groups is 2. The van der Waals surface area contributed by atoms with Crippen molar-refractivity contribution in [2.45, 2.75) is 26.4 Å². The molecule has 1 atom stereocenters. The molecule has 1 aromatic rings. The fraction of sp³-hybridized carbons (Fsp3) is 0.312. The topological polar surface area (TPSA) is 67.8 Å². The summed E-state index contributed by atoms with van der Waals surface area (Å²) in [5.74, 6) is -1.12. The molecule has 1 aliphatic rings. The third-order valence-electron chi connectivity index (χ3n) is 2.95. The molecule has 0 aromatic heterocycles. The van der Waals surface area contributed by atoms with Gasteiger partial charge in [0, 0.05) is 6.42 Å². The van der Waals surface area contributed by atoms with Crippen LogP contribution in [0.1, 0.15) is 25.8 Å². The van der Waals surface area contributed by atoms with Gasteiger partial charge < -0.3 is 4.74 Å². The first-order valence-corrected chi connectivity index (χ1v) is 6.87. The van der Waals surface area contributed by atoms with Crippen LogP contribution < -0.4 is 5.43 Å². The first-order valence-electron chi connectivity index (χ1n) is 6.87. The summed E-state index contributed by atoms with van der Waals surface area (Å²) in [6.45, 7) is 3.54.